The number of carbonyl (C=O) groups is 2. The molecule has 0 bridgehead atoms. The summed E-state index contributed by atoms with van der Waals surface area (Å²) in [5.41, 5.74) is 0. The molecule has 0 saturated carbocycles. The average molecular weight is 1090 g/mol. The van der Waals surface area contributed by atoms with E-state index in [-0.39, 0.29) is 32.7 Å². The summed E-state index contributed by atoms with van der Waals surface area (Å²) in [4.78, 5) is 21.7. The molecule has 0 aliphatic rings. The number of aliphatic carboxylic acids is 1. The van der Waals surface area contributed by atoms with Crippen molar-refractivity contribution in [1.29, 1.82) is 0 Å². The van der Waals surface area contributed by atoms with Crippen LogP contribution in [0.5, 0.6) is 0 Å². The quantitative estimate of drug-likeness (QED) is 0.0586. The van der Waals surface area contributed by atoms with Crippen LogP contribution in [0.1, 0.15) is 12.8 Å². The van der Waals surface area contributed by atoms with E-state index in [1.807, 2.05) is 0 Å². The maximum absolute atomic E-state index is 11.3. The monoisotopic (exact) mass is 1090 g/mol. The van der Waals surface area contributed by atoms with Crippen molar-refractivity contribution in [1.82, 2.24) is 0 Å². The van der Waals surface area contributed by atoms with Gasteiger partial charge < -0.3 is 114 Å². The van der Waals surface area contributed by atoms with E-state index in [0.717, 1.165) is 0 Å². The molecule has 0 radical (unpaired) electrons. The smallest absolute Gasteiger partial charge is 0.306 e. The van der Waals surface area contributed by atoms with Gasteiger partial charge in [-0.15, -0.1) is 0 Å². The van der Waals surface area contributed by atoms with Gasteiger partial charge in [0.1, 0.15) is 6.61 Å². The first-order chi connectivity index (χ1) is 36.7. The summed E-state index contributed by atoms with van der Waals surface area (Å²) in [6, 6.07) is 0. The van der Waals surface area contributed by atoms with Gasteiger partial charge in [0.05, 0.1) is 297 Å². The SMILES string of the molecule is O=C(O)CCC(=O)OCCOCCOCCOCCOCCOCCOCCOCCOCCOCCOCCOCCOCCOCCOCCOCCOCCOCCOCCOCCOCCOCCO. The third-order valence-corrected chi connectivity index (χ3v) is 8.71. The van der Waals surface area contributed by atoms with Crippen LogP contribution >= 0.6 is 0 Å². The number of ether oxygens (including phenoxy) is 22. The molecule has 74 heavy (non-hydrogen) atoms. The van der Waals surface area contributed by atoms with E-state index >= 15 is 0 Å². The molecule has 0 aromatic rings. The van der Waals surface area contributed by atoms with Gasteiger partial charge >= 0.3 is 11.9 Å². The molecule has 0 spiro atoms. The average Bonchev–Trinajstić information content (AvgIpc) is 3.40. The standard InChI is InChI=1S/C48H94O26/c49-3-4-53-5-6-54-7-8-55-9-10-56-11-12-57-13-14-58-15-16-59-17-18-60-19-20-61-21-22-62-23-24-63-25-26-64-27-28-65-29-30-66-31-32-67-33-34-68-35-36-69-37-38-70-39-40-71-41-42-72-43-44-73-45-46-74-48(52)2-1-47(50)51/h49H,1-46H2,(H,50,51). The zero-order valence-electron chi connectivity index (χ0n) is 44.2. The van der Waals surface area contributed by atoms with E-state index in [1.54, 1.807) is 0 Å². The highest BCUT2D eigenvalue weighted by Gasteiger charge is 2.06. The summed E-state index contributed by atoms with van der Waals surface area (Å²) in [6.07, 6.45) is -0.403. The number of aliphatic hydroxyl groups excluding tert-OH is 1. The number of aliphatic hydroxyl groups is 1. The van der Waals surface area contributed by atoms with Crippen molar-refractivity contribution in [2.24, 2.45) is 0 Å². The Kier molecular flexibility index (Phi) is 65.4. The topological polar surface area (TPSA) is 278 Å². The van der Waals surface area contributed by atoms with Gasteiger partial charge in [-0.1, -0.05) is 0 Å². The Balaban J connectivity index is 3.09. The van der Waals surface area contributed by atoms with Crippen molar-refractivity contribution >= 4 is 11.9 Å². The lowest BCUT2D eigenvalue weighted by Gasteiger charge is -2.09. The van der Waals surface area contributed by atoms with Crippen molar-refractivity contribution in [3.8, 4) is 0 Å². The molecular weight excluding hydrogens is 993 g/mol. The van der Waals surface area contributed by atoms with E-state index in [2.05, 4.69) is 0 Å². The number of hydrogen-bond donors (Lipinski definition) is 2. The second-order valence-corrected chi connectivity index (χ2v) is 14.7. The lowest BCUT2D eigenvalue weighted by Crippen LogP contribution is -2.16. The third kappa shape index (κ3) is 68.1. The first-order valence-electron chi connectivity index (χ1n) is 25.8. The van der Waals surface area contributed by atoms with Gasteiger partial charge in [-0.05, 0) is 0 Å². The van der Waals surface area contributed by atoms with Crippen LogP contribution in [0.3, 0.4) is 0 Å². The number of carboxylic acids is 1. The van der Waals surface area contributed by atoms with Crippen molar-refractivity contribution in [2.45, 2.75) is 12.8 Å². The van der Waals surface area contributed by atoms with Gasteiger partial charge in [-0.3, -0.25) is 9.59 Å². The second kappa shape index (κ2) is 67.2. The highest BCUT2D eigenvalue weighted by atomic mass is 16.6. The van der Waals surface area contributed by atoms with Crippen LogP contribution in [0.4, 0.5) is 0 Å². The van der Waals surface area contributed by atoms with Crippen LogP contribution in [0.25, 0.3) is 0 Å². The van der Waals surface area contributed by atoms with Crippen molar-refractivity contribution < 1.29 is 124 Å². The summed E-state index contributed by atoms with van der Waals surface area (Å²) in [7, 11) is 0. The van der Waals surface area contributed by atoms with E-state index in [0.29, 0.717) is 271 Å². The lowest BCUT2D eigenvalue weighted by molar-refractivity contribution is -0.149. The minimum absolute atomic E-state index is 0.0161. The summed E-state index contributed by atoms with van der Waals surface area (Å²) in [5.74, 6) is -1.60. The molecule has 0 saturated heterocycles. The van der Waals surface area contributed by atoms with Crippen LogP contribution in [0, 0.1) is 0 Å². The first kappa shape index (κ1) is 72.1. The van der Waals surface area contributed by atoms with Gasteiger partial charge in [0.25, 0.3) is 0 Å². The van der Waals surface area contributed by atoms with E-state index in [1.165, 1.54) is 0 Å². The minimum atomic E-state index is -1.04. The van der Waals surface area contributed by atoms with Crippen LogP contribution in [0.15, 0.2) is 0 Å². The molecular formula is C48H94O26. The predicted molar refractivity (Wildman–Crippen MR) is 262 cm³/mol. The van der Waals surface area contributed by atoms with Gasteiger partial charge in [0.15, 0.2) is 0 Å². The Bertz CT molecular complexity index is 1070. The molecule has 442 valence electrons. The van der Waals surface area contributed by atoms with Gasteiger partial charge in [-0.25, -0.2) is 0 Å². The van der Waals surface area contributed by atoms with Crippen LogP contribution < -0.4 is 0 Å². The first-order valence-corrected chi connectivity index (χ1v) is 25.8. The Morgan fingerprint density at radius 1 is 0.203 bits per heavy atom. The molecule has 0 heterocycles. The molecule has 0 atom stereocenters. The van der Waals surface area contributed by atoms with E-state index < -0.39 is 11.9 Å². The van der Waals surface area contributed by atoms with Crippen molar-refractivity contribution in [3.63, 3.8) is 0 Å². The predicted octanol–water partition coefficient (Wildman–Crippen LogP) is -0.265. The number of carbonyl (C=O) groups excluding carboxylic acids is 1. The molecule has 0 aliphatic heterocycles. The highest BCUT2D eigenvalue weighted by molar-refractivity contribution is 5.76. The van der Waals surface area contributed by atoms with E-state index in [4.69, 9.17) is 114 Å². The Morgan fingerprint density at radius 3 is 0.473 bits per heavy atom. The Hall–Kier alpha value is -1.94. The fourth-order valence-corrected chi connectivity index (χ4v) is 5.06. The maximum Gasteiger partial charge on any atom is 0.306 e. The van der Waals surface area contributed by atoms with Crippen LogP contribution in [-0.4, -0.2) is 313 Å². The van der Waals surface area contributed by atoms with Gasteiger partial charge in [0, 0.05) is 0 Å². The lowest BCUT2D eigenvalue weighted by atomic mass is 10.3. The molecule has 26 nitrogen and oxygen atoms in total. The fraction of sp³-hybridized carbons (Fsp3) is 0.958. The molecule has 0 fully saturated rings. The van der Waals surface area contributed by atoms with Crippen molar-refractivity contribution in [2.75, 3.05) is 291 Å². The van der Waals surface area contributed by atoms with Crippen LogP contribution in [0.2, 0.25) is 0 Å². The van der Waals surface area contributed by atoms with Crippen LogP contribution in [-0.2, 0) is 114 Å². The Labute approximate surface area is 438 Å². The molecule has 2 N–H and O–H groups in total. The highest BCUT2D eigenvalue weighted by Crippen LogP contribution is 1.94. The summed E-state index contributed by atoms with van der Waals surface area (Å²) in [6.45, 7) is 19.4. The van der Waals surface area contributed by atoms with Gasteiger partial charge in [0.2, 0.25) is 0 Å². The largest absolute Gasteiger partial charge is 0.481 e. The zero-order valence-corrected chi connectivity index (χ0v) is 44.2. The molecule has 0 unspecified atom stereocenters. The van der Waals surface area contributed by atoms with Gasteiger partial charge in [-0.2, -0.15) is 0 Å². The molecule has 0 aromatic carbocycles. The molecule has 0 aromatic heterocycles. The molecule has 0 aliphatic carbocycles. The third-order valence-electron chi connectivity index (χ3n) is 8.71. The fourth-order valence-electron chi connectivity index (χ4n) is 5.06. The number of rotatable bonds is 68. The number of carboxylic acid groups (broad SMARTS) is 1. The second-order valence-electron chi connectivity index (χ2n) is 14.7. The summed E-state index contributed by atoms with van der Waals surface area (Å²) < 4.78 is 119. The molecule has 0 amide bonds. The summed E-state index contributed by atoms with van der Waals surface area (Å²) >= 11 is 0. The normalized spacial score (nSPS) is 11.6. The number of hydrogen-bond acceptors (Lipinski definition) is 25. The Morgan fingerprint density at radius 2 is 0.338 bits per heavy atom. The maximum atomic E-state index is 11.3. The van der Waals surface area contributed by atoms with E-state index in [9.17, 15) is 9.59 Å². The molecule has 0 rings (SSSR count). The molecule has 26 heteroatoms. The summed E-state index contributed by atoms with van der Waals surface area (Å²) in [5, 5.41) is 17.1. The zero-order chi connectivity index (χ0) is 53.2. The number of esters is 1. The minimum Gasteiger partial charge on any atom is -0.481 e. The van der Waals surface area contributed by atoms with Crippen molar-refractivity contribution in [3.05, 3.63) is 0 Å².